The Bertz CT molecular complexity index is 559. The molecule has 1 aromatic rings. The first-order valence-corrected chi connectivity index (χ1v) is 8.02. The third-order valence-corrected chi connectivity index (χ3v) is 5.53. The largest absolute Gasteiger partial charge is 0.492 e. The number of hydrogen-bond donors (Lipinski definition) is 1. The standard InChI is InChI=1S/C14H21FO4S/c1-10(16)12-9-11(15)5-6-13(12)19-7-8-20(17,18)14(2,3)4/h5-6,9-10,16H,7-8H2,1-4H3/t10-/m1/s1. The summed E-state index contributed by atoms with van der Waals surface area (Å²) in [5, 5.41) is 9.55. The molecule has 1 atom stereocenters. The molecule has 0 unspecified atom stereocenters. The van der Waals surface area contributed by atoms with Crippen molar-refractivity contribution in [1.82, 2.24) is 0 Å². The van der Waals surface area contributed by atoms with E-state index in [4.69, 9.17) is 4.74 Å². The fraction of sp³-hybridized carbons (Fsp3) is 0.571. The van der Waals surface area contributed by atoms with Crippen LogP contribution in [0.25, 0.3) is 0 Å². The van der Waals surface area contributed by atoms with Gasteiger partial charge in [0, 0.05) is 5.56 Å². The minimum Gasteiger partial charge on any atom is -0.492 e. The summed E-state index contributed by atoms with van der Waals surface area (Å²) in [5.74, 6) is -0.311. The molecular formula is C14H21FO4S. The molecular weight excluding hydrogens is 283 g/mol. The van der Waals surface area contributed by atoms with Gasteiger partial charge < -0.3 is 9.84 Å². The van der Waals surface area contributed by atoms with Gasteiger partial charge in [0.25, 0.3) is 0 Å². The maximum atomic E-state index is 13.1. The molecule has 6 heteroatoms. The number of aliphatic hydroxyl groups is 1. The first kappa shape index (κ1) is 16.9. The summed E-state index contributed by atoms with van der Waals surface area (Å²) < 4.78 is 41.5. The van der Waals surface area contributed by atoms with Crippen LogP contribution in [0.5, 0.6) is 5.75 Å². The van der Waals surface area contributed by atoms with Crippen molar-refractivity contribution in [3.05, 3.63) is 29.6 Å². The van der Waals surface area contributed by atoms with Crippen molar-refractivity contribution in [2.24, 2.45) is 0 Å². The van der Waals surface area contributed by atoms with E-state index in [9.17, 15) is 17.9 Å². The SMILES string of the molecule is C[C@@H](O)c1cc(F)ccc1OCCS(=O)(=O)C(C)(C)C. The molecule has 0 fully saturated rings. The maximum absolute atomic E-state index is 13.1. The Balaban J connectivity index is 2.77. The van der Waals surface area contributed by atoms with Crippen molar-refractivity contribution in [2.75, 3.05) is 12.4 Å². The fourth-order valence-electron chi connectivity index (χ4n) is 1.54. The molecule has 0 radical (unpaired) electrons. The molecule has 0 aliphatic heterocycles. The van der Waals surface area contributed by atoms with Gasteiger partial charge in [-0.2, -0.15) is 0 Å². The predicted molar refractivity (Wildman–Crippen MR) is 76.1 cm³/mol. The highest BCUT2D eigenvalue weighted by molar-refractivity contribution is 7.92. The summed E-state index contributed by atoms with van der Waals surface area (Å²) in [5.41, 5.74) is 0.304. The van der Waals surface area contributed by atoms with Gasteiger partial charge in [0.1, 0.15) is 18.2 Å². The van der Waals surface area contributed by atoms with Crippen LogP contribution in [0.3, 0.4) is 0 Å². The van der Waals surface area contributed by atoms with E-state index < -0.39 is 26.5 Å². The number of sulfone groups is 1. The van der Waals surface area contributed by atoms with Gasteiger partial charge in [-0.15, -0.1) is 0 Å². The van der Waals surface area contributed by atoms with E-state index in [0.717, 1.165) is 0 Å². The monoisotopic (exact) mass is 304 g/mol. The lowest BCUT2D eigenvalue weighted by atomic mass is 10.1. The Morgan fingerprint density at radius 3 is 2.45 bits per heavy atom. The molecule has 0 heterocycles. The third-order valence-electron chi connectivity index (χ3n) is 2.96. The number of aliphatic hydroxyl groups excluding tert-OH is 1. The molecule has 0 aromatic heterocycles. The third kappa shape index (κ3) is 4.18. The highest BCUT2D eigenvalue weighted by atomic mass is 32.2. The Morgan fingerprint density at radius 2 is 1.95 bits per heavy atom. The second-order valence-corrected chi connectivity index (χ2v) is 8.50. The molecule has 0 saturated carbocycles. The van der Waals surface area contributed by atoms with Crippen LogP contribution in [0.1, 0.15) is 39.4 Å². The average molecular weight is 304 g/mol. The van der Waals surface area contributed by atoms with Crippen LogP contribution in [0.2, 0.25) is 0 Å². The molecule has 0 spiro atoms. The van der Waals surface area contributed by atoms with Crippen LogP contribution >= 0.6 is 0 Å². The average Bonchev–Trinajstić information content (AvgIpc) is 2.29. The van der Waals surface area contributed by atoms with Gasteiger partial charge in [0.2, 0.25) is 0 Å². The first-order chi connectivity index (χ1) is 9.04. The highest BCUT2D eigenvalue weighted by Crippen LogP contribution is 2.26. The van der Waals surface area contributed by atoms with Crippen LogP contribution in [-0.2, 0) is 9.84 Å². The van der Waals surface area contributed by atoms with E-state index in [1.165, 1.54) is 25.1 Å². The molecule has 0 saturated heterocycles. The number of benzene rings is 1. The van der Waals surface area contributed by atoms with Crippen molar-refractivity contribution in [3.63, 3.8) is 0 Å². The zero-order valence-electron chi connectivity index (χ0n) is 12.2. The zero-order chi connectivity index (χ0) is 15.6. The van der Waals surface area contributed by atoms with Gasteiger partial charge in [0.15, 0.2) is 9.84 Å². The molecule has 4 nitrogen and oxygen atoms in total. The highest BCUT2D eigenvalue weighted by Gasteiger charge is 2.28. The van der Waals surface area contributed by atoms with E-state index >= 15 is 0 Å². The van der Waals surface area contributed by atoms with Crippen molar-refractivity contribution < 1.29 is 22.7 Å². The summed E-state index contributed by atoms with van der Waals surface area (Å²) in [4.78, 5) is 0. The minimum absolute atomic E-state index is 0.0368. The number of ether oxygens (including phenoxy) is 1. The molecule has 1 N–H and O–H groups in total. The van der Waals surface area contributed by atoms with Crippen molar-refractivity contribution in [2.45, 2.75) is 38.5 Å². The van der Waals surface area contributed by atoms with E-state index in [1.807, 2.05) is 0 Å². The Hall–Kier alpha value is -1.14. The fourth-order valence-corrected chi connectivity index (χ4v) is 2.46. The second kappa shape index (κ2) is 6.10. The van der Waals surface area contributed by atoms with Crippen LogP contribution in [0.4, 0.5) is 4.39 Å². The molecule has 0 aliphatic carbocycles. The maximum Gasteiger partial charge on any atom is 0.158 e. The molecule has 0 amide bonds. The molecule has 0 aliphatic rings. The van der Waals surface area contributed by atoms with Gasteiger partial charge in [-0.05, 0) is 45.9 Å². The molecule has 1 aromatic carbocycles. The number of halogens is 1. The molecule has 114 valence electrons. The summed E-state index contributed by atoms with van der Waals surface area (Å²) >= 11 is 0. The molecule has 0 bridgehead atoms. The van der Waals surface area contributed by atoms with Crippen LogP contribution < -0.4 is 4.74 Å². The number of rotatable bonds is 5. The van der Waals surface area contributed by atoms with Gasteiger partial charge in [-0.25, -0.2) is 12.8 Å². The molecule has 20 heavy (non-hydrogen) atoms. The summed E-state index contributed by atoms with van der Waals surface area (Å²) in [6.07, 6.45) is -0.889. The van der Waals surface area contributed by atoms with Gasteiger partial charge in [0.05, 0.1) is 16.6 Å². The Kier molecular flexibility index (Phi) is 5.15. The lowest BCUT2D eigenvalue weighted by molar-refractivity contribution is 0.191. The van der Waals surface area contributed by atoms with Crippen LogP contribution in [0.15, 0.2) is 18.2 Å². The second-order valence-electron chi connectivity index (χ2n) is 5.64. The minimum atomic E-state index is -3.27. The first-order valence-electron chi connectivity index (χ1n) is 6.37. The smallest absolute Gasteiger partial charge is 0.158 e. The summed E-state index contributed by atoms with van der Waals surface area (Å²) in [6, 6.07) is 3.78. The van der Waals surface area contributed by atoms with Gasteiger partial charge >= 0.3 is 0 Å². The van der Waals surface area contributed by atoms with Crippen molar-refractivity contribution in [1.29, 1.82) is 0 Å². The normalized spacial score (nSPS) is 14.1. The topological polar surface area (TPSA) is 63.6 Å². The van der Waals surface area contributed by atoms with Crippen LogP contribution in [0, 0.1) is 5.82 Å². The lowest BCUT2D eigenvalue weighted by Gasteiger charge is -2.20. The summed E-state index contributed by atoms with van der Waals surface area (Å²) in [7, 11) is -3.27. The van der Waals surface area contributed by atoms with E-state index in [1.54, 1.807) is 20.8 Å². The predicted octanol–water partition coefficient (Wildman–Crippen LogP) is 2.47. The lowest BCUT2D eigenvalue weighted by Crippen LogP contribution is -2.32. The quantitative estimate of drug-likeness (QED) is 0.907. The van der Waals surface area contributed by atoms with Gasteiger partial charge in [-0.1, -0.05) is 0 Å². The molecule has 1 rings (SSSR count). The van der Waals surface area contributed by atoms with E-state index in [2.05, 4.69) is 0 Å². The summed E-state index contributed by atoms with van der Waals surface area (Å²) in [6.45, 7) is 6.34. The van der Waals surface area contributed by atoms with Crippen LogP contribution in [-0.4, -0.2) is 30.6 Å². The zero-order valence-corrected chi connectivity index (χ0v) is 13.0. The van der Waals surface area contributed by atoms with Crippen molar-refractivity contribution in [3.8, 4) is 5.75 Å². The number of hydrogen-bond acceptors (Lipinski definition) is 4. The van der Waals surface area contributed by atoms with Gasteiger partial charge in [-0.3, -0.25) is 0 Å². The van der Waals surface area contributed by atoms with E-state index in [0.29, 0.717) is 11.3 Å². The Labute approximate surface area is 119 Å². The Morgan fingerprint density at radius 1 is 1.35 bits per heavy atom. The van der Waals surface area contributed by atoms with E-state index in [-0.39, 0.29) is 12.4 Å². The van der Waals surface area contributed by atoms with Crippen molar-refractivity contribution >= 4 is 9.84 Å².